The number of hydrogen-bond acceptors (Lipinski definition) is 3. The Hall–Kier alpha value is -1.71. The Kier molecular flexibility index (Phi) is 5.10. The highest BCUT2D eigenvalue weighted by Crippen LogP contribution is 2.41. The monoisotopic (exact) mass is 292 g/mol. The lowest BCUT2D eigenvalue weighted by atomic mass is 9.78. The molecule has 0 heterocycles. The highest BCUT2D eigenvalue weighted by atomic mass is 16.5. The van der Waals surface area contributed by atoms with Crippen LogP contribution in [0.4, 0.5) is 0 Å². The average Bonchev–Trinajstić information content (AvgIpc) is 2.47. The van der Waals surface area contributed by atoms with Gasteiger partial charge in [0.1, 0.15) is 11.5 Å². The molecule has 0 unspecified atom stereocenters. The largest absolute Gasteiger partial charge is 0.497 e. The van der Waals surface area contributed by atoms with Gasteiger partial charge in [-0.2, -0.15) is 0 Å². The van der Waals surface area contributed by atoms with E-state index in [2.05, 4.69) is 0 Å². The van der Waals surface area contributed by atoms with E-state index in [4.69, 9.17) is 14.6 Å². The van der Waals surface area contributed by atoms with Crippen LogP contribution in [0.1, 0.15) is 51.0 Å². The first-order chi connectivity index (χ1) is 10.0. The van der Waals surface area contributed by atoms with Gasteiger partial charge in [-0.15, -0.1) is 0 Å². The van der Waals surface area contributed by atoms with E-state index in [9.17, 15) is 4.79 Å². The topological polar surface area (TPSA) is 55.8 Å². The molecular formula is C17H24O4. The summed E-state index contributed by atoms with van der Waals surface area (Å²) in [6, 6.07) is 5.89. The van der Waals surface area contributed by atoms with E-state index in [1.807, 2.05) is 32.0 Å². The molecule has 1 saturated carbocycles. The number of methoxy groups -OCH3 is 1. The molecule has 1 fully saturated rings. The number of carboxylic acid groups (broad SMARTS) is 1. The quantitative estimate of drug-likeness (QED) is 0.895. The zero-order chi connectivity index (χ0) is 15.4. The van der Waals surface area contributed by atoms with Crippen LogP contribution in [0.5, 0.6) is 11.5 Å². The molecule has 1 aromatic carbocycles. The first-order valence-corrected chi connectivity index (χ1v) is 7.58. The molecule has 116 valence electrons. The zero-order valence-electron chi connectivity index (χ0n) is 13.0. The molecule has 2 rings (SSSR count). The number of rotatable bonds is 5. The lowest BCUT2D eigenvalue weighted by Gasteiger charge is -2.28. The SMILES string of the molecule is COc1ccc(OC(C)C)c(C2CCC(C(=O)O)CC2)c1. The van der Waals surface area contributed by atoms with Crippen LogP contribution in [0.3, 0.4) is 0 Å². The van der Waals surface area contributed by atoms with Crippen molar-refractivity contribution in [1.82, 2.24) is 0 Å². The van der Waals surface area contributed by atoms with Crippen molar-refractivity contribution >= 4 is 5.97 Å². The van der Waals surface area contributed by atoms with Crippen molar-refractivity contribution in [3.63, 3.8) is 0 Å². The third-order valence-electron chi connectivity index (χ3n) is 4.10. The lowest BCUT2D eigenvalue weighted by molar-refractivity contribution is -0.142. The summed E-state index contributed by atoms with van der Waals surface area (Å²) in [4.78, 5) is 11.1. The number of ether oxygens (including phenoxy) is 2. The van der Waals surface area contributed by atoms with Crippen molar-refractivity contribution in [2.24, 2.45) is 5.92 Å². The minimum atomic E-state index is -0.669. The summed E-state index contributed by atoms with van der Waals surface area (Å²) in [7, 11) is 1.66. The van der Waals surface area contributed by atoms with Gasteiger partial charge in [-0.1, -0.05) is 0 Å². The van der Waals surface area contributed by atoms with Crippen molar-refractivity contribution in [3.05, 3.63) is 23.8 Å². The molecule has 21 heavy (non-hydrogen) atoms. The smallest absolute Gasteiger partial charge is 0.306 e. The summed E-state index contributed by atoms with van der Waals surface area (Å²) in [5, 5.41) is 9.11. The van der Waals surface area contributed by atoms with Crippen LogP contribution in [0.25, 0.3) is 0 Å². The minimum absolute atomic E-state index is 0.118. The molecule has 0 spiro atoms. The maximum absolute atomic E-state index is 11.1. The van der Waals surface area contributed by atoms with E-state index in [1.165, 1.54) is 0 Å². The summed E-state index contributed by atoms with van der Waals surface area (Å²) in [6.45, 7) is 4.02. The summed E-state index contributed by atoms with van der Waals surface area (Å²) < 4.78 is 11.2. The van der Waals surface area contributed by atoms with Crippen LogP contribution in [-0.4, -0.2) is 24.3 Å². The second-order valence-electron chi connectivity index (χ2n) is 5.96. The maximum Gasteiger partial charge on any atom is 0.306 e. The van der Waals surface area contributed by atoms with Gasteiger partial charge in [-0.25, -0.2) is 0 Å². The van der Waals surface area contributed by atoms with E-state index in [-0.39, 0.29) is 12.0 Å². The van der Waals surface area contributed by atoms with E-state index in [0.717, 1.165) is 42.7 Å². The molecule has 1 N–H and O–H groups in total. The van der Waals surface area contributed by atoms with Gasteiger partial charge in [0.25, 0.3) is 0 Å². The zero-order valence-corrected chi connectivity index (χ0v) is 13.0. The van der Waals surface area contributed by atoms with Crippen LogP contribution in [-0.2, 0) is 4.79 Å². The highest BCUT2D eigenvalue weighted by molar-refractivity contribution is 5.70. The van der Waals surface area contributed by atoms with Gasteiger partial charge >= 0.3 is 5.97 Å². The predicted molar refractivity (Wildman–Crippen MR) is 81.1 cm³/mol. The van der Waals surface area contributed by atoms with Crippen molar-refractivity contribution in [1.29, 1.82) is 0 Å². The molecule has 1 aromatic rings. The molecule has 0 saturated heterocycles. The summed E-state index contributed by atoms with van der Waals surface area (Å²) >= 11 is 0. The van der Waals surface area contributed by atoms with E-state index in [1.54, 1.807) is 7.11 Å². The van der Waals surface area contributed by atoms with Gasteiger partial charge in [-0.3, -0.25) is 4.79 Å². The molecule has 0 radical (unpaired) electrons. The molecule has 1 aliphatic carbocycles. The molecule has 0 bridgehead atoms. The number of carboxylic acids is 1. The van der Waals surface area contributed by atoms with Crippen molar-refractivity contribution < 1.29 is 19.4 Å². The van der Waals surface area contributed by atoms with E-state index in [0.29, 0.717) is 5.92 Å². The maximum atomic E-state index is 11.1. The average molecular weight is 292 g/mol. The molecule has 4 heteroatoms. The van der Waals surface area contributed by atoms with Gasteiger partial charge in [0.15, 0.2) is 0 Å². The summed E-state index contributed by atoms with van der Waals surface area (Å²) in [5.74, 6) is 1.20. The fourth-order valence-corrected chi connectivity index (χ4v) is 2.99. The van der Waals surface area contributed by atoms with E-state index >= 15 is 0 Å². The van der Waals surface area contributed by atoms with Crippen molar-refractivity contribution in [2.45, 2.75) is 51.6 Å². The third kappa shape index (κ3) is 3.90. The number of benzene rings is 1. The first kappa shape index (κ1) is 15.7. The summed E-state index contributed by atoms with van der Waals surface area (Å²) in [5.41, 5.74) is 1.15. The highest BCUT2D eigenvalue weighted by Gasteiger charge is 2.28. The van der Waals surface area contributed by atoms with Gasteiger partial charge in [0.2, 0.25) is 0 Å². The molecule has 0 aromatic heterocycles. The summed E-state index contributed by atoms with van der Waals surface area (Å²) in [6.07, 6.45) is 3.36. The van der Waals surface area contributed by atoms with Gasteiger partial charge in [0.05, 0.1) is 19.1 Å². The van der Waals surface area contributed by atoms with Gasteiger partial charge in [0, 0.05) is 5.56 Å². The Morgan fingerprint density at radius 2 is 1.90 bits per heavy atom. The fraction of sp³-hybridized carbons (Fsp3) is 0.588. The van der Waals surface area contributed by atoms with Crippen LogP contribution in [0.15, 0.2) is 18.2 Å². The van der Waals surface area contributed by atoms with Crippen molar-refractivity contribution in [3.8, 4) is 11.5 Å². The Labute approximate surface area is 126 Å². The number of hydrogen-bond donors (Lipinski definition) is 1. The Bertz CT molecular complexity index is 488. The first-order valence-electron chi connectivity index (χ1n) is 7.58. The predicted octanol–water partition coefficient (Wildman–Crippen LogP) is 3.84. The Morgan fingerprint density at radius 1 is 1.24 bits per heavy atom. The molecule has 0 atom stereocenters. The molecule has 0 amide bonds. The number of aliphatic carboxylic acids is 1. The van der Waals surface area contributed by atoms with Gasteiger partial charge < -0.3 is 14.6 Å². The van der Waals surface area contributed by atoms with Crippen molar-refractivity contribution in [2.75, 3.05) is 7.11 Å². The van der Waals surface area contributed by atoms with Crippen LogP contribution >= 0.6 is 0 Å². The Balaban J connectivity index is 2.19. The number of carbonyl (C=O) groups is 1. The molecule has 1 aliphatic rings. The molecular weight excluding hydrogens is 268 g/mol. The van der Waals surface area contributed by atoms with E-state index < -0.39 is 5.97 Å². The third-order valence-corrected chi connectivity index (χ3v) is 4.10. The minimum Gasteiger partial charge on any atom is -0.497 e. The molecule has 0 aliphatic heterocycles. The second-order valence-corrected chi connectivity index (χ2v) is 5.96. The standard InChI is InChI=1S/C17H24O4/c1-11(2)21-16-9-8-14(20-3)10-15(16)12-4-6-13(7-5-12)17(18)19/h8-13H,4-7H2,1-3H3,(H,18,19). The van der Waals surface area contributed by atoms with Crippen LogP contribution in [0, 0.1) is 5.92 Å². The lowest BCUT2D eigenvalue weighted by Crippen LogP contribution is -2.21. The van der Waals surface area contributed by atoms with Gasteiger partial charge in [-0.05, 0) is 63.6 Å². The fourth-order valence-electron chi connectivity index (χ4n) is 2.99. The van der Waals surface area contributed by atoms with Crippen LogP contribution in [0.2, 0.25) is 0 Å². The molecule has 4 nitrogen and oxygen atoms in total. The normalized spacial score (nSPS) is 22.1. The van der Waals surface area contributed by atoms with Crippen LogP contribution < -0.4 is 9.47 Å². The Morgan fingerprint density at radius 3 is 2.43 bits per heavy atom. The second kappa shape index (κ2) is 6.83.